The number of aromatic nitrogens is 1. The van der Waals surface area contributed by atoms with Crippen LogP contribution in [0.4, 0.5) is 0 Å². The van der Waals surface area contributed by atoms with Crippen molar-refractivity contribution in [3.63, 3.8) is 0 Å². The maximum Gasteiger partial charge on any atom is 0.266 e. The number of halogens is 2. The van der Waals surface area contributed by atoms with Crippen LogP contribution < -0.4 is 5.56 Å². The van der Waals surface area contributed by atoms with Crippen molar-refractivity contribution in [3.05, 3.63) is 63.3 Å². The maximum atomic E-state index is 12.4. The fraction of sp³-hybridized carbons (Fsp3) is 0.261. The molecule has 0 saturated heterocycles. The topological polar surface area (TPSA) is 56.3 Å². The first-order valence-electron chi connectivity index (χ1n) is 9.37. The number of rotatable bonds is 4. The van der Waals surface area contributed by atoms with Crippen molar-refractivity contribution in [2.45, 2.75) is 19.8 Å². The molecule has 2 N–H and O–H groups in total. The van der Waals surface area contributed by atoms with Crippen molar-refractivity contribution in [1.29, 1.82) is 0 Å². The Bertz CT molecular complexity index is 1230. The highest BCUT2D eigenvalue weighted by atomic mass is 35.5. The molecule has 30 heavy (non-hydrogen) atoms. The van der Waals surface area contributed by atoms with E-state index in [2.05, 4.69) is 55.2 Å². The Morgan fingerprint density at radius 1 is 1.13 bits per heavy atom. The second-order valence-electron chi connectivity index (χ2n) is 7.74. The second-order valence-corrected chi connectivity index (χ2v) is 8.66. The highest BCUT2D eigenvalue weighted by Gasteiger charge is 2.17. The van der Waals surface area contributed by atoms with Gasteiger partial charge in [-0.05, 0) is 61.1 Å². The second kappa shape index (κ2) is 9.40. The highest BCUT2D eigenvalue weighted by Crippen LogP contribution is 2.41. The molecule has 0 aliphatic heterocycles. The molecule has 0 fully saturated rings. The van der Waals surface area contributed by atoms with E-state index in [-0.39, 0.29) is 36.1 Å². The number of thiophene rings is 1. The maximum absolute atomic E-state index is 12.4. The molecule has 1 atom stereocenters. The van der Waals surface area contributed by atoms with Crippen LogP contribution in [0.3, 0.4) is 0 Å². The van der Waals surface area contributed by atoms with E-state index in [1.165, 1.54) is 16.9 Å². The molecule has 0 bridgehead atoms. The summed E-state index contributed by atoms with van der Waals surface area (Å²) < 4.78 is 0.690. The number of hydrogen-bond donors (Lipinski definition) is 2. The van der Waals surface area contributed by atoms with Crippen molar-refractivity contribution in [1.82, 2.24) is 9.88 Å². The minimum atomic E-state index is -0.0786. The molecule has 0 spiro atoms. The van der Waals surface area contributed by atoms with Gasteiger partial charge in [0.1, 0.15) is 10.4 Å². The first-order valence-corrected chi connectivity index (χ1v) is 10.3. The van der Waals surface area contributed by atoms with Gasteiger partial charge in [0.25, 0.3) is 5.56 Å². The first kappa shape index (κ1) is 24.2. The predicted octanol–water partition coefficient (Wildman–Crippen LogP) is 5.93. The molecular weight excluding hydrogens is 439 g/mol. The Morgan fingerprint density at radius 3 is 2.43 bits per heavy atom. The van der Waals surface area contributed by atoms with Crippen LogP contribution in [0.1, 0.15) is 24.0 Å². The van der Waals surface area contributed by atoms with Crippen LogP contribution in [0.5, 0.6) is 5.75 Å². The largest absolute Gasteiger partial charge is 0.507 e. The number of pyridine rings is 1. The summed E-state index contributed by atoms with van der Waals surface area (Å²) in [6.45, 7) is 5.11. The third-order valence-corrected chi connectivity index (χ3v) is 6.20. The van der Waals surface area contributed by atoms with Gasteiger partial charge in [-0.15, -0.1) is 36.2 Å². The number of aromatic hydroxyl groups is 1. The molecule has 7 heteroatoms. The van der Waals surface area contributed by atoms with E-state index in [1.807, 2.05) is 18.4 Å². The Hall–Kier alpha value is -2.05. The summed E-state index contributed by atoms with van der Waals surface area (Å²) in [7, 11) is 4.16. The van der Waals surface area contributed by atoms with Gasteiger partial charge in [0.05, 0.1) is 5.52 Å². The lowest BCUT2D eigenvalue weighted by atomic mass is 9.93. The summed E-state index contributed by atoms with van der Waals surface area (Å²) in [5, 5.41) is 14.5. The summed E-state index contributed by atoms with van der Waals surface area (Å²) in [6.07, 6.45) is 0. The van der Waals surface area contributed by atoms with Gasteiger partial charge in [-0.3, -0.25) is 4.79 Å². The predicted molar refractivity (Wildman–Crippen MR) is 133 cm³/mol. The molecular formula is C23H26Cl2N2O2S. The van der Waals surface area contributed by atoms with Crippen LogP contribution in [0.2, 0.25) is 0 Å². The fourth-order valence-electron chi connectivity index (χ4n) is 4.01. The molecule has 0 saturated carbocycles. The Balaban J connectivity index is 0.00000160. The van der Waals surface area contributed by atoms with Gasteiger partial charge >= 0.3 is 0 Å². The smallest absolute Gasteiger partial charge is 0.266 e. The third kappa shape index (κ3) is 4.21. The van der Waals surface area contributed by atoms with E-state index < -0.39 is 0 Å². The normalized spacial score (nSPS) is 12.0. The van der Waals surface area contributed by atoms with Gasteiger partial charge in [0.15, 0.2) is 0 Å². The minimum absolute atomic E-state index is 0. The van der Waals surface area contributed by atoms with Crippen LogP contribution in [0, 0.1) is 6.92 Å². The molecule has 0 aliphatic rings. The molecule has 4 rings (SSSR count). The average molecular weight is 465 g/mol. The monoisotopic (exact) mass is 464 g/mol. The molecule has 4 nitrogen and oxygen atoms in total. The van der Waals surface area contributed by atoms with Gasteiger partial charge in [-0.1, -0.05) is 31.2 Å². The number of benzene rings is 2. The van der Waals surface area contributed by atoms with Crippen molar-refractivity contribution >= 4 is 57.1 Å². The molecule has 4 aromatic rings. The molecule has 0 aliphatic carbocycles. The van der Waals surface area contributed by atoms with Crippen molar-refractivity contribution < 1.29 is 5.11 Å². The molecule has 2 aromatic heterocycles. The average Bonchev–Trinajstić information content (AvgIpc) is 3.13. The van der Waals surface area contributed by atoms with Crippen molar-refractivity contribution in [3.8, 4) is 16.9 Å². The number of fused-ring (bicyclic) bond motifs is 3. The molecule has 2 aromatic carbocycles. The number of phenols is 1. The van der Waals surface area contributed by atoms with Gasteiger partial charge in [-0.25, -0.2) is 0 Å². The Kier molecular flexibility index (Phi) is 7.59. The van der Waals surface area contributed by atoms with E-state index >= 15 is 0 Å². The summed E-state index contributed by atoms with van der Waals surface area (Å²) in [5.41, 5.74) is 4.55. The van der Waals surface area contributed by atoms with Crippen LogP contribution in [-0.4, -0.2) is 35.6 Å². The Labute approximate surface area is 192 Å². The van der Waals surface area contributed by atoms with Crippen LogP contribution in [0.25, 0.3) is 32.1 Å². The molecule has 0 radical (unpaired) electrons. The third-order valence-electron chi connectivity index (χ3n) is 5.29. The van der Waals surface area contributed by atoms with E-state index in [0.29, 0.717) is 10.6 Å². The molecule has 160 valence electrons. The number of phenolic OH excluding ortho intramolecular Hbond substituents is 1. The number of H-pyrrole nitrogens is 1. The van der Waals surface area contributed by atoms with Gasteiger partial charge in [0, 0.05) is 22.9 Å². The SMILES string of the molecule is Cc1cc(O)c(-c2ccc([C@@H](C)CN(C)C)cc2)c2c1[nH]c(=O)c1sccc12.Cl.Cl. The van der Waals surface area contributed by atoms with E-state index in [9.17, 15) is 9.90 Å². The molecule has 2 heterocycles. The van der Waals surface area contributed by atoms with Crippen LogP contribution >= 0.6 is 36.2 Å². The van der Waals surface area contributed by atoms with Crippen LogP contribution in [-0.2, 0) is 0 Å². The first-order chi connectivity index (χ1) is 13.4. The zero-order valence-corrected chi connectivity index (χ0v) is 19.8. The Morgan fingerprint density at radius 2 is 1.80 bits per heavy atom. The number of nitrogens with zero attached hydrogens (tertiary/aromatic N) is 1. The zero-order valence-electron chi connectivity index (χ0n) is 17.4. The van der Waals surface area contributed by atoms with Crippen molar-refractivity contribution in [2.75, 3.05) is 20.6 Å². The lowest BCUT2D eigenvalue weighted by Crippen LogP contribution is -2.18. The quantitative estimate of drug-likeness (QED) is 0.393. The van der Waals surface area contributed by atoms with Crippen LogP contribution in [0.15, 0.2) is 46.6 Å². The molecule has 0 amide bonds. The zero-order chi connectivity index (χ0) is 20.0. The lowest BCUT2D eigenvalue weighted by molar-refractivity contribution is 0.383. The number of aromatic amines is 1. The summed E-state index contributed by atoms with van der Waals surface area (Å²) in [5.74, 6) is 0.658. The molecule has 0 unspecified atom stereocenters. The summed E-state index contributed by atoms with van der Waals surface area (Å²) in [6, 6.07) is 12.1. The van der Waals surface area contributed by atoms with Crippen molar-refractivity contribution in [2.24, 2.45) is 0 Å². The number of hydrogen-bond acceptors (Lipinski definition) is 4. The van der Waals surface area contributed by atoms with E-state index in [4.69, 9.17) is 0 Å². The highest BCUT2D eigenvalue weighted by molar-refractivity contribution is 7.17. The van der Waals surface area contributed by atoms with Gasteiger partial charge in [0.2, 0.25) is 0 Å². The summed E-state index contributed by atoms with van der Waals surface area (Å²) >= 11 is 1.43. The number of nitrogens with one attached hydrogen (secondary N) is 1. The number of likely N-dealkylation sites (N-methyl/N-ethyl adjacent to an activating group) is 1. The standard InChI is InChI=1S/C23H24N2O2S.2ClH/c1-13-11-18(26)19(16-7-5-15(6-8-16)14(2)12-25(3)4)20-17-9-10-28-22(17)23(27)24-21(13)20;;/h5-11,14,26H,12H2,1-4H3,(H,24,27);2*1H/t14-;;/m0../s1. The summed E-state index contributed by atoms with van der Waals surface area (Å²) in [4.78, 5) is 17.6. The number of aryl methyl sites for hydroxylation is 1. The van der Waals surface area contributed by atoms with Gasteiger partial charge in [-0.2, -0.15) is 0 Å². The van der Waals surface area contributed by atoms with Gasteiger partial charge < -0.3 is 15.0 Å². The van der Waals surface area contributed by atoms with E-state index in [1.54, 1.807) is 6.07 Å². The van der Waals surface area contributed by atoms with E-state index in [0.717, 1.165) is 39.5 Å². The fourth-order valence-corrected chi connectivity index (χ4v) is 4.80. The minimum Gasteiger partial charge on any atom is -0.507 e. The lowest BCUT2D eigenvalue weighted by Gasteiger charge is -2.18.